The van der Waals surface area contributed by atoms with Gasteiger partial charge >= 0.3 is 5.69 Å². The highest BCUT2D eigenvalue weighted by molar-refractivity contribution is 7.89. The maximum absolute atomic E-state index is 12.6. The van der Waals surface area contributed by atoms with Gasteiger partial charge < -0.3 is 4.74 Å². The second-order valence-corrected chi connectivity index (χ2v) is 8.30. The second kappa shape index (κ2) is 7.66. The Hall–Kier alpha value is -2.45. The van der Waals surface area contributed by atoms with E-state index >= 15 is 0 Å². The molecular formula is C19H22N2O5S. The number of fused-ring (bicyclic) bond motifs is 1. The third kappa shape index (κ3) is 3.81. The van der Waals surface area contributed by atoms with Crippen LogP contribution in [0.2, 0.25) is 0 Å². The first-order valence-corrected chi connectivity index (χ1v) is 10.4. The first-order valence-electron chi connectivity index (χ1n) is 8.95. The van der Waals surface area contributed by atoms with Crippen molar-refractivity contribution in [2.45, 2.75) is 38.0 Å². The lowest BCUT2D eigenvalue weighted by molar-refractivity contribution is -0.385. The molecule has 0 radical (unpaired) electrons. The van der Waals surface area contributed by atoms with E-state index in [0.717, 1.165) is 25.3 Å². The average Bonchev–Trinajstić information content (AvgIpc) is 3.10. The van der Waals surface area contributed by atoms with Crippen molar-refractivity contribution in [3.63, 3.8) is 0 Å². The Morgan fingerprint density at radius 1 is 1.07 bits per heavy atom. The Bertz CT molecular complexity index is 968. The summed E-state index contributed by atoms with van der Waals surface area (Å²) in [5.74, 6) is 0.537. The number of nitrogens with zero attached hydrogens (tertiary/aromatic N) is 2. The molecule has 0 spiro atoms. The van der Waals surface area contributed by atoms with E-state index in [1.807, 2.05) is 12.1 Å². The van der Waals surface area contributed by atoms with Gasteiger partial charge in [0.15, 0.2) is 0 Å². The third-order valence-corrected chi connectivity index (χ3v) is 6.81. The molecule has 3 rings (SSSR count). The fourth-order valence-corrected chi connectivity index (χ4v) is 4.82. The Morgan fingerprint density at radius 3 is 2.44 bits per heavy atom. The van der Waals surface area contributed by atoms with Gasteiger partial charge in [-0.3, -0.25) is 10.1 Å². The smallest absolute Gasteiger partial charge is 0.312 e. The molecule has 0 atom stereocenters. The fraction of sp³-hybridized carbons (Fsp3) is 0.368. The van der Waals surface area contributed by atoms with Crippen molar-refractivity contribution in [1.29, 1.82) is 0 Å². The highest BCUT2D eigenvalue weighted by Crippen LogP contribution is 2.35. The summed E-state index contributed by atoms with van der Waals surface area (Å²) >= 11 is 0. The molecule has 8 heteroatoms. The molecule has 7 nitrogen and oxygen atoms in total. The van der Waals surface area contributed by atoms with Gasteiger partial charge in [-0.15, -0.1) is 0 Å². The normalized spacial score (nSPS) is 13.6. The van der Waals surface area contributed by atoms with E-state index < -0.39 is 14.9 Å². The monoisotopic (exact) mass is 390 g/mol. The molecule has 0 amide bonds. The Kier molecular flexibility index (Phi) is 5.48. The van der Waals surface area contributed by atoms with Crippen molar-refractivity contribution in [2.24, 2.45) is 0 Å². The zero-order chi connectivity index (χ0) is 19.6. The van der Waals surface area contributed by atoms with Gasteiger partial charge in [-0.2, -0.15) is 4.31 Å². The highest BCUT2D eigenvalue weighted by Gasteiger charge is 2.26. The van der Waals surface area contributed by atoms with E-state index in [1.54, 1.807) is 19.9 Å². The molecule has 1 aliphatic rings. The van der Waals surface area contributed by atoms with Crippen molar-refractivity contribution < 1.29 is 18.1 Å². The molecule has 0 aliphatic heterocycles. The summed E-state index contributed by atoms with van der Waals surface area (Å²) in [6.07, 6.45) is 3.10. The van der Waals surface area contributed by atoms with E-state index in [-0.39, 0.29) is 16.3 Å². The predicted molar refractivity (Wildman–Crippen MR) is 102 cm³/mol. The summed E-state index contributed by atoms with van der Waals surface area (Å²) in [5, 5.41) is 11.5. The number of hydrogen-bond donors (Lipinski definition) is 0. The van der Waals surface area contributed by atoms with Crippen LogP contribution in [-0.2, 0) is 22.9 Å². The van der Waals surface area contributed by atoms with E-state index in [1.165, 1.54) is 27.6 Å². The van der Waals surface area contributed by atoms with Gasteiger partial charge in [-0.25, -0.2) is 8.42 Å². The summed E-state index contributed by atoms with van der Waals surface area (Å²) in [6, 6.07) is 9.42. The first-order chi connectivity index (χ1) is 12.9. The van der Waals surface area contributed by atoms with Crippen LogP contribution in [0.3, 0.4) is 0 Å². The van der Waals surface area contributed by atoms with Gasteiger partial charge in [0, 0.05) is 19.2 Å². The maximum atomic E-state index is 12.6. The molecular weight excluding hydrogens is 368 g/mol. The molecule has 1 aliphatic carbocycles. The number of nitro groups is 1. The third-order valence-electron chi connectivity index (χ3n) is 4.77. The molecule has 0 heterocycles. The number of nitro benzene ring substituents is 1. The van der Waals surface area contributed by atoms with E-state index in [9.17, 15) is 18.5 Å². The van der Waals surface area contributed by atoms with Crippen molar-refractivity contribution in [3.05, 3.63) is 57.6 Å². The lowest BCUT2D eigenvalue weighted by atomic mass is 10.1. The molecule has 2 aromatic rings. The molecule has 0 saturated heterocycles. The fourth-order valence-electron chi connectivity index (χ4n) is 3.34. The van der Waals surface area contributed by atoms with Gasteiger partial charge in [0.2, 0.25) is 15.8 Å². The number of sulfonamides is 1. The molecule has 0 bridgehead atoms. The molecule has 0 aromatic heterocycles. The quantitative estimate of drug-likeness (QED) is 0.528. The number of ether oxygens (including phenoxy) is 1. The number of rotatable bonds is 7. The van der Waals surface area contributed by atoms with Crippen molar-refractivity contribution in [2.75, 3.05) is 13.1 Å². The Morgan fingerprint density at radius 2 is 1.78 bits per heavy atom. The lowest BCUT2D eigenvalue weighted by Crippen LogP contribution is -2.30. The van der Waals surface area contributed by atoms with Gasteiger partial charge in [-0.1, -0.05) is 19.9 Å². The second-order valence-electron chi connectivity index (χ2n) is 6.36. The minimum absolute atomic E-state index is 0.0245. The molecule has 27 heavy (non-hydrogen) atoms. The molecule has 0 saturated carbocycles. The van der Waals surface area contributed by atoms with Crippen LogP contribution in [0.1, 0.15) is 31.4 Å². The van der Waals surface area contributed by atoms with Crippen LogP contribution < -0.4 is 4.74 Å². The summed E-state index contributed by atoms with van der Waals surface area (Å²) in [6.45, 7) is 4.03. The van der Waals surface area contributed by atoms with Crippen LogP contribution in [-0.4, -0.2) is 30.7 Å². The zero-order valence-corrected chi connectivity index (χ0v) is 16.2. The Labute approximate surface area is 158 Å². The van der Waals surface area contributed by atoms with Crippen LogP contribution >= 0.6 is 0 Å². The first kappa shape index (κ1) is 19.3. The van der Waals surface area contributed by atoms with Gasteiger partial charge in [0.05, 0.1) is 9.82 Å². The standard InChI is InChI=1S/C19H22N2O5S/c1-3-20(4-2)27(24,25)17-10-11-19(18(13-17)21(22)23)26-16-9-8-14-6-5-7-15(14)12-16/h8-13H,3-7H2,1-2H3. The van der Waals surface area contributed by atoms with Crippen LogP contribution in [0.4, 0.5) is 5.69 Å². The molecule has 2 aromatic carbocycles. The van der Waals surface area contributed by atoms with Gasteiger partial charge in [0.1, 0.15) is 5.75 Å². The minimum atomic E-state index is -3.78. The summed E-state index contributed by atoms with van der Waals surface area (Å²) < 4.78 is 32.2. The summed E-state index contributed by atoms with van der Waals surface area (Å²) in [4.78, 5) is 10.8. The lowest BCUT2D eigenvalue weighted by Gasteiger charge is -2.18. The summed E-state index contributed by atoms with van der Waals surface area (Å²) in [7, 11) is -3.78. The average molecular weight is 390 g/mol. The van der Waals surface area contributed by atoms with E-state index in [0.29, 0.717) is 18.8 Å². The van der Waals surface area contributed by atoms with E-state index in [2.05, 4.69) is 0 Å². The van der Waals surface area contributed by atoms with Crippen molar-refractivity contribution >= 4 is 15.7 Å². The van der Waals surface area contributed by atoms with Gasteiger partial charge in [-0.05, 0) is 54.7 Å². The zero-order valence-electron chi connectivity index (χ0n) is 15.3. The maximum Gasteiger partial charge on any atom is 0.312 e. The van der Waals surface area contributed by atoms with Crippen molar-refractivity contribution in [3.8, 4) is 11.5 Å². The van der Waals surface area contributed by atoms with Crippen molar-refractivity contribution in [1.82, 2.24) is 4.31 Å². The SMILES string of the molecule is CCN(CC)S(=O)(=O)c1ccc(Oc2ccc3c(c2)CCC3)c([N+](=O)[O-])c1. The number of benzene rings is 2. The minimum Gasteiger partial charge on any atom is -0.450 e. The molecule has 0 unspecified atom stereocenters. The summed E-state index contributed by atoms with van der Waals surface area (Å²) in [5.41, 5.74) is 2.09. The van der Waals surface area contributed by atoms with Crippen LogP contribution in [0.5, 0.6) is 11.5 Å². The van der Waals surface area contributed by atoms with Crippen LogP contribution in [0, 0.1) is 10.1 Å². The largest absolute Gasteiger partial charge is 0.450 e. The van der Waals surface area contributed by atoms with Crippen LogP contribution in [0.25, 0.3) is 0 Å². The topological polar surface area (TPSA) is 89.8 Å². The molecule has 144 valence electrons. The predicted octanol–water partition coefficient (Wildman–Crippen LogP) is 3.91. The number of hydrogen-bond acceptors (Lipinski definition) is 5. The number of aryl methyl sites for hydroxylation is 2. The van der Waals surface area contributed by atoms with Gasteiger partial charge in [0.25, 0.3) is 0 Å². The molecule has 0 N–H and O–H groups in total. The highest BCUT2D eigenvalue weighted by atomic mass is 32.2. The Balaban J connectivity index is 1.96. The molecule has 0 fully saturated rings. The van der Waals surface area contributed by atoms with Crippen LogP contribution in [0.15, 0.2) is 41.3 Å². The van der Waals surface area contributed by atoms with E-state index in [4.69, 9.17) is 4.74 Å².